The summed E-state index contributed by atoms with van der Waals surface area (Å²) in [6.45, 7) is 3.96. The number of aliphatic hydroxyl groups excluding tert-OH is 1. The molecule has 2 heterocycles. The van der Waals surface area contributed by atoms with Crippen molar-refractivity contribution in [2.24, 2.45) is 7.05 Å². The lowest BCUT2D eigenvalue weighted by atomic mass is 10.3. The van der Waals surface area contributed by atoms with Crippen molar-refractivity contribution in [2.45, 2.75) is 18.7 Å². The number of nitrogens with one attached hydrogen (secondary N) is 1. The van der Waals surface area contributed by atoms with Gasteiger partial charge in [0.1, 0.15) is 10.7 Å². The van der Waals surface area contributed by atoms with E-state index in [1.54, 1.807) is 43.6 Å². The molecule has 0 aliphatic carbocycles. The van der Waals surface area contributed by atoms with Crippen LogP contribution in [0, 0.1) is 13.8 Å². The maximum Gasteiger partial charge on any atom is 0.263 e. The van der Waals surface area contributed by atoms with Gasteiger partial charge in [-0.25, -0.2) is 13.4 Å². The van der Waals surface area contributed by atoms with Crippen LogP contribution in [-0.2, 0) is 17.1 Å². The van der Waals surface area contributed by atoms with Crippen molar-refractivity contribution in [3.63, 3.8) is 0 Å². The van der Waals surface area contributed by atoms with Crippen LogP contribution < -0.4 is 9.62 Å². The fourth-order valence-electron chi connectivity index (χ4n) is 2.14. The molecule has 2 aromatic heterocycles. The molecule has 9 heteroatoms. The van der Waals surface area contributed by atoms with Crippen LogP contribution in [0.25, 0.3) is 0 Å². The van der Waals surface area contributed by atoms with Crippen molar-refractivity contribution >= 4 is 21.5 Å². The predicted molar refractivity (Wildman–Crippen MR) is 88.1 cm³/mol. The van der Waals surface area contributed by atoms with Crippen LogP contribution in [-0.4, -0.2) is 48.5 Å². The second kappa shape index (κ2) is 6.55. The topological polar surface area (TPSA) is 100 Å². The van der Waals surface area contributed by atoms with E-state index in [0.29, 0.717) is 23.7 Å². The highest BCUT2D eigenvalue weighted by molar-refractivity contribution is 7.92. The predicted octanol–water partition coefficient (Wildman–Crippen LogP) is 0.661. The standard InChI is InChI=1S/C14H21N5O3S/c1-10-14(11(2)19(4)16-10)17-23(21,22)12-5-6-13(15-9-12)18(3)7-8-20/h5-6,9,17,20H,7-8H2,1-4H3. The molecule has 0 amide bonds. The molecule has 0 aliphatic rings. The lowest BCUT2D eigenvalue weighted by Gasteiger charge is -2.16. The average Bonchev–Trinajstić information content (AvgIpc) is 2.74. The quantitative estimate of drug-likeness (QED) is 0.802. The Bertz CT molecular complexity index is 783. The summed E-state index contributed by atoms with van der Waals surface area (Å²) in [6, 6.07) is 3.09. The molecule has 0 bridgehead atoms. The van der Waals surface area contributed by atoms with Gasteiger partial charge in [0, 0.05) is 26.8 Å². The van der Waals surface area contributed by atoms with Crippen molar-refractivity contribution < 1.29 is 13.5 Å². The lowest BCUT2D eigenvalue weighted by molar-refractivity contribution is 0.304. The number of rotatable bonds is 6. The van der Waals surface area contributed by atoms with Gasteiger partial charge in [-0.15, -0.1) is 0 Å². The first-order chi connectivity index (χ1) is 10.8. The zero-order valence-electron chi connectivity index (χ0n) is 13.6. The summed E-state index contributed by atoms with van der Waals surface area (Å²) in [5.74, 6) is 0.590. The minimum atomic E-state index is -3.73. The Morgan fingerprint density at radius 3 is 2.52 bits per heavy atom. The second-order valence-corrected chi connectivity index (χ2v) is 6.95. The summed E-state index contributed by atoms with van der Waals surface area (Å²) in [6.07, 6.45) is 1.30. The van der Waals surface area contributed by atoms with E-state index in [9.17, 15) is 8.42 Å². The van der Waals surface area contributed by atoms with Crippen molar-refractivity contribution in [1.29, 1.82) is 0 Å². The monoisotopic (exact) mass is 339 g/mol. The van der Waals surface area contributed by atoms with E-state index in [2.05, 4.69) is 14.8 Å². The molecule has 0 saturated heterocycles. The smallest absolute Gasteiger partial charge is 0.263 e. The number of hydrogen-bond acceptors (Lipinski definition) is 6. The van der Waals surface area contributed by atoms with Gasteiger partial charge in [0.25, 0.3) is 10.0 Å². The van der Waals surface area contributed by atoms with E-state index in [4.69, 9.17) is 5.11 Å². The first kappa shape index (κ1) is 17.2. The summed E-state index contributed by atoms with van der Waals surface area (Å²) in [7, 11) is -0.205. The SMILES string of the molecule is Cc1nn(C)c(C)c1NS(=O)(=O)c1ccc(N(C)CCO)nc1. The summed E-state index contributed by atoms with van der Waals surface area (Å²) in [5.41, 5.74) is 1.83. The number of pyridine rings is 1. The van der Waals surface area contributed by atoms with Crippen LogP contribution in [0.3, 0.4) is 0 Å². The highest BCUT2D eigenvalue weighted by atomic mass is 32.2. The molecule has 0 aliphatic heterocycles. The van der Waals surface area contributed by atoms with Gasteiger partial charge in [-0.3, -0.25) is 9.40 Å². The van der Waals surface area contributed by atoms with Crippen molar-refractivity contribution in [3.05, 3.63) is 29.7 Å². The molecule has 0 aromatic carbocycles. The van der Waals surface area contributed by atoms with Crippen LogP contribution in [0.2, 0.25) is 0 Å². The molecule has 2 N–H and O–H groups in total. The molecule has 0 saturated carbocycles. The number of sulfonamides is 1. The molecular weight excluding hydrogens is 318 g/mol. The Balaban J connectivity index is 2.26. The number of nitrogens with zero attached hydrogens (tertiary/aromatic N) is 4. The number of hydrogen-bond donors (Lipinski definition) is 2. The second-order valence-electron chi connectivity index (χ2n) is 5.27. The van der Waals surface area contributed by atoms with E-state index >= 15 is 0 Å². The molecule has 23 heavy (non-hydrogen) atoms. The zero-order valence-corrected chi connectivity index (χ0v) is 14.4. The van der Waals surface area contributed by atoms with Gasteiger partial charge in [-0.1, -0.05) is 0 Å². The summed E-state index contributed by atoms with van der Waals surface area (Å²) in [4.78, 5) is 5.94. The third kappa shape index (κ3) is 3.62. The fourth-order valence-corrected chi connectivity index (χ4v) is 3.26. The van der Waals surface area contributed by atoms with Crippen LogP contribution in [0.1, 0.15) is 11.4 Å². The molecule has 0 fully saturated rings. The highest BCUT2D eigenvalue weighted by Gasteiger charge is 2.19. The number of anilines is 2. The largest absolute Gasteiger partial charge is 0.395 e. The number of aromatic nitrogens is 3. The van der Waals surface area contributed by atoms with E-state index in [1.165, 1.54) is 12.3 Å². The molecular formula is C14H21N5O3S. The van der Waals surface area contributed by atoms with Crippen molar-refractivity contribution in [2.75, 3.05) is 29.8 Å². The average molecular weight is 339 g/mol. The third-order valence-electron chi connectivity index (χ3n) is 3.60. The van der Waals surface area contributed by atoms with E-state index in [1.807, 2.05) is 0 Å². The highest BCUT2D eigenvalue weighted by Crippen LogP contribution is 2.23. The number of aryl methyl sites for hydroxylation is 2. The molecule has 126 valence electrons. The zero-order chi connectivity index (χ0) is 17.2. The molecule has 2 rings (SSSR count). The fraction of sp³-hybridized carbons (Fsp3) is 0.429. The van der Waals surface area contributed by atoms with Gasteiger partial charge in [0.2, 0.25) is 0 Å². The Hall–Kier alpha value is -2.13. The minimum Gasteiger partial charge on any atom is -0.395 e. The van der Waals surface area contributed by atoms with E-state index in [0.717, 1.165) is 5.69 Å². The molecule has 2 aromatic rings. The first-order valence-corrected chi connectivity index (χ1v) is 8.55. The number of aliphatic hydroxyl groups is 1. The van der Waals surface area contributed by atoms with E-state index in [-0.39, 0.29) is 11.5 Å². The Morgan fingerprint density at radius 1 is 1.35 bits per heavy atom. The molecule has 0 radical (unpaired) electrons. The molecule has 0 spiro atoms. The van der Waals surface area contributed by atoms with E-state index < -0.39 is 10.0 Å². The van der Waals surface area contributed by atoms with Crippen molar-refractivity contribution in [3.8, 4) is 0 Å². The van der Waals surface area contributed by atoms with Crippen molar-refractivity contribution in [1.82, 2.24) is 14.8 Å². The van der Waals surface area contributed by atoms with Crippen LogP contribution in [0.15, 0.2) is 23.2 Å². The Kier molecular flexibility index (Phi) is 4.90. The minimum absolute atomic E-state index is 0.000648. The number of likely N-dealkylation sites (N-methyl/N-ethyl adjacent to an activating group) is 1. The maximum absolute atomic E-state index is 12.5. The Morgan fingerprint density at radius 2 is 2.04 bits per heavy atom. The van der Waals surface area contributed by atoms with Crippen LogP contribution in [0.5, 0.6) is 0 Å². The summed E-state index contributed by atoms with van der Waals surface area (Å²) in [5, 5.41) is 13.1. The van der Waals surface area contributed by atoms with Gasteiger partial charge >= 0.3 is 0 Å². The van der Waals surface area contributed by atoms with Gasteiger partial charge < -0.3 is 10.0 Å². The summed E-state index contributed by atoms with van der Waals surface area (Å²) < 4.78 is 29.1. The van der Waals surface area contributed by atoms with Crippen LogP contribution >= 0.6 is 0 Å². The molecule has 8 nitrogen and oxygen atoms in total. The van der Waals surface area contributed by atoms with Crippen LogP contribution in [0.4, 0.5) is 11.5 Å². The van der Waals surface area contributed by atoms with Gasteiger partial charge in [0.15, 0.2) is 0 Å². The van der Waals surface area contributed by atoms with Gasteiger partial charge in [-0.2, -0.15) is 5.10 Å². The molecule has 0 unspecified atom stereocenters. The van der Waals surface area contributed by atoms with Gasteiger partial charge in [0.05, 0.1) is 23.7 Å². The first-order valence-electron chi connectivity index (χ1n) is 7.07. The summed E-state index contributed by atoms with van der Waals surface area (Å²) >= 11 is 0. The third-order valence-corrected chi connectivity index (χ3v) is 4.94. The normalized spacial score (nSPS) is 11.5. The Labute approximate surface area is 135 Å². The maximum atomic E-state index is 12.5. The molecule has 0 atom stereocenters. The van der Waals surface area contributed by atoms with Gasteiger partial charge in [-0.05, 0) is 26.0 Å². The lowest BCUT2D eigenvalue weighted by Crippen LogP contribution is -2.22.